The Bertz CT molecular complexity index is 928. The summed E-state index contributed by atoms with van der Waals surface area (Å²) in [5, 5.41) is 2.78. The third-order valence-corrected chi connectivity index (χ3v) is 4.57. The SMILES string of the molecule is O=C1Nc2ccc(F)cc2C(=O)C1(c1ccccc1)c1ccccc1. The van der Waals surface area contributed by atoms with Crippen LogP contribution in [0.2, 0.25) is 0 Å². The van der Waals surface area contributed by atoms with Crippen molar-refractivity contribution in [1.82, 2.24) is 0 Å². The van der Waals surface area contributed by atoms with Crippen LogP contribution in [0.25, 0.3) is 0 Å². The van der Waals surface area contributed by atoms with Crippen LogP contribution in [0.15, 0.2) is 78.9 Å². The van der Waals surface area contributed by atoms with E-state index in [4.69, 9.17) is 0 Å². The zero-order chi connectivity index (χ0) is 17.4. The minimum atomic E-state index is -1.54. The van der Waals surface area contributed by atoms with Crippen LogP contribution in [0.3, 0.4) is 0 Å². The van der Waals surface area contributed by atoms with Gasteiger partial charge in [0.1, 0.15) is 5.82 Å². The number of halogens is 1. The van der Waals surface area contributed by atoms with E-state index in [-0.39, 0.29) is 5.56 Å². The molecule has 122 valence electrons. The molecule has 0 saturated carbocycles. The summed E-state index contributed by atoms with van der Waals surface area (Å²) in [4.78, 5) is 26.6. The van der Waals surface area contributed by atoms with Crippen LogP contribution in [-0.4, -0.2) is 11.7 Å². The molecule has 0 saturated heterocycles. The van der Waals surface area contributed by atoms with Crippen molar-refractivity contribution in [2.45, 2.75) is 5.41 Å². The largest absolute Gasteiger partial charge is 0.324 e. The van der Waals surface area contributed by atoms with Gasteiger partial charge in [-0.3, -0.25) is 9.59 Å². The molecule has 4 heteroatoms. The van der Waals surface area contributed by atoms with Crippen molar-refractivity contribution in [3.63, 3.8) is 0 Å². The zero-order valence-corrected chi connectivity index (χ0v) is 13.2. The number of anilines is 1. The van der Waals surface area contributed by atoms with Gasteiger partial charge in [0.15, 0.2) is 11.2 Å². The van der Waals surface area contributed by atoms with Crippen LogP contribution < -0.4 is 5.32 Å². The van der Waals surface area contributed by atoms with E-state index in [0.717, 1.165) is 0 Å². The Morgan fingerprint density at radius 2 is 1.32 bits per heavy atom. The number of nitrogens with one attached hydrogen (secondary N) is 1. The summed E-state index contributed by atoms with van der Waals surface area (Å²) >= 11 is 0. The molecule has 3 nitrogen and oxygen atoms in total. The maximum atomic E-state index is 13.8. The average molecular weight is 331 g/mol. The molecule has 3 aromatic rings. The average Bonchev–Trinajstić information content (AvgIpc) is 2.65. The van der Waals surface area contributed by atoms with E-state index in [1.54, 1.807) is 48.5 Å². The normalized spacial score (nSPS) is 15.4. The lowest BCUT2D eigenvalue weighted by molar-refractivity contribution is -0.119. The fourth-order valence-electron chi connectivity index (χ4n) is 3.40. The van der Waals surface area contributed by atoms with Crippen LogP contribution in [0.5, 0.6) is 0 Å². The smallest absolute Gasteiger partial charge is 0.247 e. The molecule has 1 N–H and O–H groups in total. The first kappa shape index (κ1) is 15.3. The molecule has 0 spiro atoms. The molecule has 1 heterocycles. The van der Waals surface area contributed by atoms with Gasteiger partial charge in [0.2, 0.25) is 5.91 Å². The Morgan fingerprint density at radius 3 is 1.88 bits per heavy atom. The van der Waals surface area contributed by atoms with E-state index in [2.05, 4.69) is 5.32 Å². The predicted molar refractivity (Wildman–Crippen MR) is 93.0 cm³/mol. The van der Waals surface area contributed by atoms with Crippen LogP contribution in [0.4, 0.5) is 10.1 Å². The zero-order valence-electron chi connectivity index (χ0n) is 13.2. The van der Waals surface area contributed by atoms with Gasteiger partial charge in [0.25, 0.3) is 0 Å². The van der Waals surface area contributed by atoms with Crippen molar-refractivity contribution in [2.24, 2.45) is 0 Å². The number of Topliss-reactive ketones (excluding diaryl/α,β-unsaturated/α-hetero) is 1. The topological polar surface area (TPSA) is 46.2 Å². The first-order valence-electron chi connectivity index (χ1n) is 7.91. The van der Waals surface area contributed by atoms with Crippen molar-refractivity contribution in [3.8, 4) is 0 Å². The van der Waals surface area contributed by atoms with Crippen molar-refractivity contribution in [2.75, 3.05) is 5.32 Å². The van der Waals surface area contributed by atoms with Crippen molar-refractivity contribution in [3.05, 3.63) is 101 Å². The molecule has 0 aromatic heterocycles. The number of hydrogen-bond acceptors (Lipinski definition) is 2. The standard InChI is InChI=1S/C21H14FNO2/c22-16-11-12-18-17(13-16)19(24)21(20(25)23-18,14-7-3-1-4-8-14)15-9-5-2-6-10-15/h1-13H,(H,23,25). The van der Waals surface area contributed by atoms with E-state index in [9.17, 15) is 14.0 Å². The molecule has 0 aliphatic carbocycles. The van der Waals surface area contributed by atoms with E-state index in [1.165, 1.54) is 18.2 Å². The number of amides is 1. The summed E-state index contributed by atoms with van der Waals surface area (Å²) in [6.07, 6.45) is 0. The number of benzene rings is 3. The van der Waals surface area contributed by atoms with Crippen LogP contribution in [0.1, 0.15) is 21.5 Å². The lowest BCUT2D eigenvalue weighted by Crippen LogP contribution is -2.51. The molecule has 0 fully saturated rings. The summed E-state index contributed by atoms with van der Waals surface area (Å²) < 4.78 is 13.8. The number of ketones is 1. The summed E-state index contributed by atoms with van der Waals surface area (Å²) in [7, 11) is 0. The van der Waals surface area contributed by atoms with E-state index in [0.29, 0.717) is 16.8 Å². The highest BCUT2D eigenvalue weighted by molar-refractivity contribution is 6.29. The third kappa shape index (κ3) is 2.18. The van der Waals surface area contributed by atoms with Crippen molar-refractivity contribution < 1.29 is 14.0 Å². The van der Waals surface area contributed by atoms with E-state index >= 15 is 0 Å². The molecule has 0 atom stereocenters. The number of carbonyl (C=O) groups excluding carboxylic acids is 2. The number of hydrogen-bond donors (Lipinski definition) is 1. The molecule has 25 heavy (non-hydrogen) atoms. The Kier molecular flexibility index (Phi) is 3.46. The highest BCUT2D eigenvalue weighted by Crippen LogP contribution is 2.41. The van der Waals surface area contributed by atoms with Crippen molar-refractivity contribution >= 4 is 17.4 Å². The molecule has 0 unspecified atom stereocenters. The monoisotopic (exact) mass is 331 g/mol. The molecule has 1 amide bonds. The molecule has 0 bridgehead atoms. The minimum absolute atomic E-state index is 0.173. The summed E-state index contributed by atoms with van der Waals surface area (Å²) in [5.41, 5.74) is 0.0759. The van der Waals surface area contributed by atoms with Crippen LogP contribution >= 0.6 is 0 Å². The van der Waals surface area contributed by atoms with Gasteiger partial charge in [0, 0.05) is 5.56 Å². The van der Waals surface area contributed by atoms with Gasteiger partial charge in [-0.1, -0.05) is 60.7 Å². The van der Waals surface area contributed by atoms with E-state index < -0.39 is 22.9 Å². The number of carbonyl (C=O) groups is 2. The summed E-state index contributed by atoms with van der Waals surface area (Å²) in [5.74, 6) is -1.38. The molecular weight excluding hydrogens is 317 g/mol. The second kappa shape index (κ2) is 5.67. The van der Waals surface area contributed by atoms with Gasteiger partial charge in [-0.15, -0.1) is 0 Å². The van der Waals surface area contributed by atoms with Gasteiger partial charge >= 0.3 is 0 Å². The second-order valence-corrected chi connectivity index (χ2v) is 5.96. The van der Waals surface area contributed by atoms with Crippen molar-refractivity contribution in [1.29, 1.82) is 0 Å². The van der Waals surface area contributed by atoms with Crippen LogP contribution in [-0.2, 0) is 10.2 Å². The van der Waals surface area contributed by atoms with Gasteiger partial charge in [0.05, 0.1) is 5.69 Å². The highest BCUT2D eigenvalue weighted by Gasteiger charge is 2.52. The second-order valence-electron chi connectivity index (χ2n) is 5.96. The first-order valence-corrected chi connectivity index (χ1v) is 7.91. The highest BCUT2D eigenvalue weighted by atomic mass is 19.1. The molecular formula is C21H14FNO2. The van der Waals surface area contributed by atoms with Gasteiger partial charge in [-0.2, -0.15) is 0 Å². The molecule has 0 radical (unpaired) electrons. The Hall–Kier alpha value is -3.27. The fourth-order valence-corrected chi connectivity index (χ4v) is 3.40. The van der Waals surface area contributed by atoms with Gasteiger partial charge < -0.3 is 5.32 Å². The Labute approximate surface area is 144 Å². The maximum absolute atomic E-state index is 13.8. The fraction of sp³-hybridized carbons (Fsp3) is 0.0476. The molecule has 3 aromatic carbocycles. The maximum Gasteiger partial charge on any atom is 0.247 e. The molecule has 1 aliphatic heterocycles. The van der Waals surface area contributed by atoms with Crippen LogP contribution in [0, 0.1) is 5.82 Å². The third-order valence-electron chi connectivity index (χ3n) is 4.57. The quantitative estimate of drug-likeness (QED) is 0.723. The number of rotatable bonds is 2. The summed E-state index contributed by atoms with van der Waals surface area (Å²) in [6, 6.07) is 21.6. The predicted octanol–water partition coefficient (Wildman–Crippen LogP) is 3.95. The van der Waals surface area contributed by atoms with E-state index in [1.807, 2.05) is 12.1 Å². The molecule has 1 aliphatic rings. The minimum Gasteiger partial charge on any atom is -0.324 e. The summed E-state index contributed by atoms with van der Waals surface area (Å²) in [6.45, 7) is 0. The first-order chi connectivity index (χ1) is 12.1. The molecule has 4 rings (SSSR count). The lowest BCUT2D eigenvalue weighted by Gasteiger charge is -2.36. The Morgan fingerprint density at radius 1 is 0.760 bits per heavy atom. The Balaban J connectivity index is 2.05. The van der Waals surface area contributed by atoms with Gasteiger partial charge in [-0.25, -0.2) is 4.39 Å². The number of fused-ring (bicyclic) bond motifs is 1. The lowest BCUT2D eigenvalue weighted by atomic mass is 9.67. The van der Waals surface area contributed by atoms with Gasteiger partial charge in [-0.05, 0) is 29.3 Å².